The van der Waals surface area contributed by atoms with Crippen molar-refractivity contribution >= 4 is 53.4 Å². The van der Waals surface area contributed by atoms with E-state index >= 15 is 0 Å². The molecule has 8 aromatic carbocycles. The van der Waals surface area contributed by atoms with Gasteiger partial charge in [0.2, 0.25) is 0 Å². The van der Waals surface area contributed by atoms with Crippen LogP contribution in [0.5, 0.6) is 0 Å². The molecule has 56 heavy (non-hydrogen) atoms. The Morgan fingerprint density at radius 3 is 1.57 bits per heavy atom. The molecule has 262 valence electrons. The summed E-state index contributed by atoms with van der Waals surface area (Å²) in [6, 6.07) is 65.7. The van der Waals surface area contributed by atoms with Crippen molar-refractivity contribution in [3.05, 3.63) is 188 Å². The number of furan rings is 1. The summed E-state index contributed by atoms with van der Waals surface area (Å²) in [7, 11) is 0. The molecule has 0 N–H and O–H groups in total. The van der Waals surface area contributed by atoms with Crippen LogP contribution in [0.4, 0.5) is 0 Å². The molecule has 5 heteroatoms. The maximum atomic E-state index is 6.57. The van der Waals surface area contributed by atoms with E-state index in [1.165, 1.54) is 42.4 Å². The summed E-state index contributed by atoms with van der Waals surface area (Å²) < 4.78 is 8.98. The molecule has 0 amide bonds. The second kappa shape index (κ2) is 13.3. The number of rotatable bonds is 6. The Labute approximate surface area is 327 Å². The van der Waals surface area contributed by atoms with Crippen LogP contribution in [0.25, 0.3) is 110 Å². The van der Waals surface area contributed by atoms with Crippen molar-refractivity contribution < 1.29 is 4.42 Å². The highest BCUT2D eigenvalue weighted by molar-refractivity contribution is 7.26. The third-order valence-corrected chi connectivity index (χ3v) is 11.8. The zero-order valence-corrected chi connectivity index (χ0v) is 30.9. The zero-order chi connectivity index (χ0) is 37.0. The van der Waals surface area contributed by atoms with Crippen molar-refractivity contribution in [2.45, 2.75) is 0 Å². The van der Waals surface area contributed by atoms with Crippen molar-refractivity contribution in [3.8, 4) is 67.5 Å². The molecule has 0 fully saturated rings. The minimum absolute atomic E-state index is 0.608. The maximum absolute atomic E-state index is 6.57. The average Bonchev–Trinajstić information content (AvgIpc) is 3.85. The molecule has 0 unspecified atom stereocenters. The van der Waals surface area contributed by atoms with Gasteiger partial charge in [-0.15, -0.1) is 11.3 Å². The normalized spacial score (nSPS) is 11.6. The van der Waals surface area contributed by atoms with E-state index in [2.05, 4.69) is 140 Å². The van der Waals surface area contributed by atoms with Crippen LogP contribution in [0.15, 0.2) is 192 Å². The summed E-state index contributed by atoms with van der Waals surface area (Å²) in [6.45, 7) is 0. The molecule has 0 aliphatic heterocycles. The second-order valence-corrected chi connectivity index (χ2v) is 15.0. The van der Waals surface area contributed by atoms with E-state index in [0.717, 1.165) is 49.8 Å². The van der Waals surface area contributed by atoms with Gasteiger partial charge in [-0.05, 0) is 63.7 Å². The highest BCUT2D eigenvalue weighted by atomic mass is 32.1. The van der Waals surface area contributed by atoms with Gasteiger partial charge in [0.15, 0.2) is 17.5 Å². The third kappa shape index (κ3) is 5.56. The highest BCUT2D eigenvalue weighted by Gasteiger charge is 2.20. The van der Waals surface area contributed by atoms with Crippen molar-refractivity contribution in [1.29, 1.82) is 0 Å². The van der Waals surface area contributed by atoms with Gasteiger partial charge in [0.1, 0.15) is 11.2 Å². The van der Waals surface area contributed by atoms with Crippen LogP contribution in [0.1, 0.15) is 0 Å². The minimum Gasteiger partial charge on any atom is -0.456 e. The molecular weight excluding hydrogens is 703 g/mol. The van der Waals surface area contributed by atoms with E-state index in [0.29, 0.717) is 17.5 Å². The standard InChI is InChI=1S/C51H31N3OS/c1-3-11-32(12-4-1)33-21-23-34(24-22-33)35-25-27-36(28-26-35)38-29-30-41-45(31-38)55-44-19-10-17-42(47(41)44)50-52-49(37-13-5-2-6-14-37)53-51(54-50)43-18-9-16-40-39-15-7-8-20-46(39)56-48(40)43/h1-31H. The predicted octanol–water partition coefficient (Wildman–Crippen LogP) is 14.1. The first-order valence-corrected chi connectivity index (χ1v) is 19.5. The molecule has 4 nitrogen and oxygen atoms in total. The monoisotopic (exact) mass is 733 g/mol. The van der Waals surface area contributed by atoms with Crippen LogP contribution in [-0.2, 0) is 0 Å². The molecule has 0 saturated heterocycles. The Hall–Kier alpha value is -7.21. The number of hydrogen-bond donors (Lipinski definition) is 0. The fourth-order valence-electron chi connectivity index (χ4n) is 7.79. The topological polar surface area (TPSA) is 51.8 Å². The summed E-state index contributed by atoms with van der Waals surface area (Å²) in [4.78, 5) is 15.4. The van der Waals surface area contributed by atoms with Gasteiger partial charge in [0.25, 0.3) is 0 Å². The van der Waals surface area contributed by atoms with Gasteiger partial charge in [-0.2, -0.15) is 0 Å². The smallest absolute Gasteiger partial charge is 0.165 e. The SMILES string of the molecule is c1ccc(-c2ccc(-c3ccc(-c4ccc5c(c4)oc4cccc(-c6nc(-c7ccccc7)nc(-c7cccc8c7sc7ccccc78)n6)c45)cc3)cc2)cc1. The fraction of sp³-hybridized carbons (Fsp3) is 0. The molecular formula is C51H31N3OS. The summed E-state index contributed by atoms with van der Waals surface area (Å²) in [5.74, 6) is 1.89. The molecule has 0 aliphatic carbocycles. The molecule has 0 aliphatic rings. The Balaban J connectivity index is 0.990. The van der Waals surface area contributed by atoms with E-state index in [1.807, 2.05) is 48.5 Å². The van der Waals surface area contributed by atoms with E-state index in [1.54, 1.807) is 11.3 Å². The number of fused-ring (bicyclic) bond motifs is 6. The van der Waals surface area contributed by atoms with Crippen molar-refractivity contribution in [2.24, 2.45) is 0 Å². The van der Waals surface area contributed by atoms with E-state index in [9.17, 15) is 0 Å². The second-order valence-electron chi connectivity index (χ2n) is 14.0. The van der Waals surface area contributed by atoms with Gasteiger partial charge in [-0.3, -0.25) is 0 Å². The zero-order valence-electron chi connectivity index (χ0n) is 30.1. The molecule has 0 saturated carbocycles. The first-order valence-electron chi connectivity index (χ1n) is 18.7. The summed E-state index contributed by atoms with van der Waals surface area (Å²) >= 11 is 1.78. The summed E-state index contributed by atoms with van der Waals surface area (Å²) in [5, 5.41) is 4.45. The minimum atomic E-state index is 0.608. The maximum Gasteiger partial charge on any atom is 0.165 e. The van der Waals surface area contributed by atoms with E-state index < -0.39 is 0 Å². The van der Waals surface area contributed by atoms with Crippen molar-refractivity contribution in [2.75, 3.05) is 0 Å². The third-order valence-electron chi connectivity index (χ3n) is 10.6. The molecule has 0 atom stereocenters. The van der Waals surface area contributed by atoms with Crippen LogP contribution in [0.2, 0.25) is 0 Å². The molecule has 3 aromatic heterocycles. The van der Waals surface area contributed by atoms with Gasteiger partial charge in [0.05, 0.1) is 0 Å². The lowest BCUT2D eigenvalue weighted by atomic mass is 9.97. The van der Waals surface area contributed by atoms with Crippen molar-refractivity contribution in [1.82, 2.24) is 15.0 Å². The average molecular weight is 734 g/mol. The number of thiophene rings is 1. The van der Waals surface area contributed by atoms with Crippen LogP contribution in [0.3, 0.4) is 0 Å². The van der Waals surface area contributed by atoms with E-state index in [4.69, 9.17) is 19.4 Å². The predicted molar refractivity (Wildman–Crippen MR) is 233 cm³/mol. The number of nitrogens with zero attached hydrogens (tertiary/aromatic N) is 3. The lowest BCUT2D eigenvalue weighted by Crippen LogP contribution is -2.00. The number of benzene rings is 8. The summed E-state index contributed by atoms with van der Waals surface area (Å²) in [5.41, 5.74) is 11.5. The molecule has 0 radical (unpaired) electrons. The van der Waals surface area contributed by atoms with Gasteiger partial charge < -0.3 is 4.42 Å². The van der Waals surface area contributed by atoms with Crippen LogP contribution in [-0.4, -0.2) is 15.0 Å². The van der Waals surface area contributed by atoms with Gasteiger partial charge in [0, 0.05) is 47.6 Å². The Kier molecular flexibility index (Phi) is 7.64. The highest BCUT2D eigenvalue weighted by Crippen LogP contribution is 2.41. The molecule has 11 rings (SSSR count). The van der Waals surface area contributed by atoms with Gasteiger partial charge in [-0.25, -0.2) is 15.0 Å². The number of hydrogen-bond acceptors (Lipinski definition) is 5. The Morgan fingerprint density at radius 2 is 0.857 bits per heavy atom. The Bertz CT molecular complexity index is 3220. The van der Waals surface area contributed by atoms with Crippen molar-refractivity contribution in [3.63, 3.8) is 0 Å². The first-order chi connectivity index (χ1) is 27.7. The quantitative estimate of drug-likeness (QED) is 0.171. The molecule has 3 heterocycles. The number of aromatic nitrogens is 3. The molecule has 0 bridgehead atoms. The van der Waals surface area contributed by atoms with Gasteiger partial charge >= 0.3 is 0 Å². The summed E-state index contributed by atoms with van der Waals surface area (Å²) in [6.07, 6.45) is 0. The fourth-order valence-corrected chi connectivity index (χ4v) is 9.00. The van der Waals surface area contributed by atoms with Crippen LogP contribution in [0, 0.1) is 0 Å². The van der Waals surface area contributed by atoms with Crippen LogP contribution < -0.4 is 0 Å². The lowest BCUT2D eigenvalue weighted by Gasteiger charge is -2.10. The molecule has 0 spiro atoms. The van der Waals surface area contributed by atoms with Gasteiger partial charge in [-0.1, -0.05) is 158 Å². The van der Waals surface area contributed by atoms with E-state index in [-0.39, 0.29) is 0 Å². The molecule has 11 aromatic rings. The largest absolute Gasteiger partial charge is 0.456 e. The van der Waals surface area contributed by atoms with Crippen LogP contribution >= 0.6 is 11.3 Å². The first kappa shape index (κ1) is 32.2. The Morgan fingerprint density at radius 1 is 0.339 bits per heavy atom. The lowest BCUT2D eigenvalue weighted by molar-refractivity contribution is 0.669.